The number of cyclic esters (lactones) is 1. The molecule has 6 heteroatoms. The van der Waals surface area contributed by atoms with Gasteiger partial charge in [-0.1, -0.05) is 52.3 Å². The molecule has 5 aliphatic rings. The lowest BCUT2D eigenvalue weighted by Gasteiger charge is -2.66. The van der Waals surface area contributed by atoms with Gasteiger partial charge in [-0.15, -0.1) is 0 Å². The van der Waals surface area contributed by atoms with Gasteiger partial charge in [-0.3, -0.25) is 9.59 Å². The van der Waals surface area contributed by atoms with E-state index in [1.807, 2.05) is 19.9 Å². The standard InChI is InChI=1S/C29H38O6/c1-16(30)34-23-15-21-26(2,3)22(31)11-13-28(21,5)20-10-12-27(4)18(8-9-19(27)29(20,23)6)17-14-24(33-7)35-25(17)32/h9,11,13-14,18,20-21,23-24H,8,10,12,15H2,1-7H3/t18-,20?,21?,23+,24?,27-,28+,29-/m0/s1. The maximum absolute atomic E-state index is 12.9. The molecule has 4 aliphatic carbocycles. The first-order chi connectivity index (χ1) is 16.3. The van der Waals surface area contributed by atoms with Gasteiger partial charge >= 0.3 is 11.9 Å². The SMILES string of the molecule is COC1C=C([C@@H]2CC=C3[C@@]4(C)C(CC[C@]32C)[C@@]2(C)C=CC(=O)C(C)(C)C2C[C@H]4OC(C)=O)C(=O)O1. The number of methoxy groups -OCH3 is 1. The summed E-state index contributed by atoms with van der Waals surface area (Å²) < 4.78 is 16.8. The van der Waals surface area contributed by atoms with Crippen molar-refractivity contribution < 1.29 is 28.6 Å². The van der Waals surface area contributed by atoms with Crippen molar-refractivity contribution in [3.05, 3.63) is 35.5 Å². The molecule has 0 aromatic carbocycles. The summed E-state index contributed by atoms with van der Waals surface area (Å²) in [7, 11) is 1.54. The highest BCUT2D eigenvalue weighted by molar-refractivity contribution is 5.96. The zero-order valence-electron chi connectivity index (χ0n) is 22.0. The number of rotatable bonds is 3. The molecule has 5 rings (SSSR count). The Balaban J connectivity index is 1.61. The number of fused-ring (bicyclic) bond motifs is 5. The minimum Gasteiger partial charge on any atom is -0.462 e. The fourth-order valence-electron chi connectivity index (χ4n) is 8.89. The molecule has 1 heterocycles. The fraction of sp³-hybridized carbons (Fsp3) is 0.690. The average molecular weight is 483 g/mol. The highest BCUT2D eigenvalue weighted by atomic mass is 16.7. The van der Waals surface area contributed by atoms with E-state index < -0.39 is 17.1 Å². The van der Waals surface area contributed by atoms with Crippen LogP contribution in [0.1, 0.15) is 67.2 Å². The van der Waals surface area contributed by atoms with Gasteiger partial charge in [0.15, 0.2) is 5.78 Å². The molecule has 0 amide bonds. The third-order valence-corrected chi connectivity index (χ3v) is 10.6. The van der Waals surface area contributed by atoms with Crippen molar-refractivity contribution in [2.45, 2.75) is 79.6 Å². The second-order valence-corrected chi connectivity index (χ2v) is 12.5. The molecule has 3 unspecified atom stereocenters. The number of allylic oxidation sites excluding steroid dienone is 3. The summed E-state index contributed by atoms with van der Waals surface area (Å²) in [5.41, 5.74) is 0.614. The Morgan fingerprint density at radius 1 is 1.11 bits per heavy atom. The number of carbonyl (C=O) groups is 3. The van der Waals surface area contributed by atoms with Crippen LogP contribution in [0.15, 0.2) is 35.5 Å². The predicted octanol–water partition coefficient (Wildman–Crippen LogP) is 4.93. The molecule has 0 aromatic heterocycles. The zero-order valence-corrected chi connectivity index (χ0v) is 22.0. The topological polar surface area (TPSA) is 78.9 Å². The first kappa shape index (κ1) is 24.5. The Morgan fingerprint density at radius 2 is 1.83 bits per heavy atom. The van der Waals surface area contributed by atoms with Crippen LogP contribution in [0, 0.1) is 39.4 Å². The van der Waals surface area contributed by atoms with Crippen LogP contribution in [0.2, 0.25) is 0 Å². The molecule has 0 N–H and O–H groups in total. The van der Waals surface area contributed by atoms with Crippen LogP contribution in [0.25, 0.3) is 0 Å². The van der Waals surface area contributed by atoms with Gasteiger partial charge in [0.25, 0.3) is 0 Å². The Bertz CT molecular complexity index is 1080. The normalized spacial score (nSPS) is 45.6. The maximum atomic E-state index is 12.9. The molecule has 2 saturated carbocycles. The molecule has 35 heavy (non-hydrogen) atoms. The number of ether oxygens (including phenoxy) is 3. The van der Waals surface area contributed by atoms with E-state index >= 15 is 0 Å². The van der Waals surface area contributed by atoms with Crippen molar-refractivity contribution >= 4 is 17.7 Å². The summed E-state index contributed by atoms with van der Waals surface area (Å²) in [4.78, 5) is 38.0. The molecule has 8 atom stereocenters. The Kier molecular flexibility index (Phi) is 5.35. The van der Waals surface area contributed by atoms with Crippen molar-refractivity contribution in [1.82, 2.24) is 0 Å². The number of hydrogen-bond donors (Lipinski definition) is 0. The van der Waals surface area contributed by atoms with E-state index in [-0.39, 0.29) is 52.4 Å². The lowest BCUT2D eigenvalue weighted by molar-refractivity contribution is -0.187. The Hall–Kier alpha value is -2.21. The average Bonchev–Trinajstić information content (AvgIpc) is 3.32. The van der Waals surface area contributed by atoms with Crippen LogP contribution >= 0.6 is 0 Å². The summed E-state index contributed by atoms with van der Waals surface area (Å²) in [6.45, 7) is 12.4. The minimum absolute atomic E-state index is 0.00588. The van der Waals surface area contributed by atoms with E-state index in [1.165, 1.54) is 19.6 Å². The number of ketones is 1. The van der Waals surface area contributed by atoms with Crippen LogP contribution in [0.3, 0.4) is 0 Å². The molecule has 0 bridgehead atoms. The Labute approximate surface area is 208 Å². The zero-order chi connectivity index (χ0) is 25.6. The smallest absolute Gasteiger partial charge is 0.336 e. The highest BCUT2D eigenvalue weighted by Crippen LogP contribution is 2.72. The van der Waals surface area contributed by atoms with Crippen LogP contribution in [-0.2, 0) is 28.6 Å². The summed E-state index contributed by atoms with van der Waals surface area (Å²) >= 11 is 0. The lowest BCUT2D eigenvalue weighted by atomic mass is 9.38. The minimum atomic E-state index is -0.632. The first-order valence-electron chi connectivity index (χ1n) is 12.9. The summed E-state index contributed by atoms with van der Waals surface area (Å²) in [5, 5.41) is 0. The van der Waals surface area contributed by atoms with Gasteiger partial charge in [-0.05, 0) is 60.5 Å². The van der Waals surface area contributed by atoms with Crippen molar-refractivity contribution in [1.29, 1.82) is 0 Å². The molecule has 0 radical (unpaired) electrons. The highest BCUT2D eigenvalue weighted by Gasteiger charge is 2.68. The van der Waals surface area contributed by atoms with Crippen LogP contribution in [0.5, 0.6) is 0 Å². The molecule has 2 fully saturated rings. The number of carbonyl (C=O) groups excluding carboxylic acids is 3. The van der Waals surface area contributed by atoms with E-state index in [0.29, 0.717) is 12.0 Å². The van der Waals surface area contributed by atoms with Gasteiger partial charge in [0.2, 0.25) is 6.29 Å². The molecule has 0 aromatic rings. The third-order valence-electron chi connectivity index (χ3n) is 10.6. The Morgan fingerprint density at radius 3 is 2.46 bits per heavy atom. The molecular weight excluding hydrogens is 444 g/mol. The lowest BCUT2D eigenvalue weighted by Crippen LogP contribution is -2.64. The molecule has 0 saturated heterocycles. The molecule has 6 nitrogen and oxygen atoms in total. The summed E-state index contributed by atoms with van der Waals surface area (Å²) in [6, 6.07) is 0. The van der Waals surface area contributed by atoms with Crippen molar-refractivity contribution in [3.63, 3.8) is 0 Å². The van der Waals surface area contributed by atoms with Crippen LogP contribution < -0.4 is 0 Å². The quantitative estimate of drug-likeness (QED) is 0.419. The van der Waals surface area contributed by atoms with Crippen LogP contribution in [-0.4, -0.2) is 37.2 Å². The number of esters is 2. The fourth-order valence-corrected chi connectivity index (χ4v) is 8.89. The first-order valence-corrected chi connectivity index (χ1v) is 12.9. The van der Waals surface area contributed by atoms with Gasteiger partial charge < -0.3 is 14.2 Å². The molecule has 190 valence electrons. The number of hydrogen-bond acceptors (Lipinski definition) is 6. The van der Waals surface area contributed by atoms with Crippen molar-refractivity contribution in [3.8, 4) is 0 Å². The summed E-state index contributed by atoms with van der Waals surface area (Å²) in [5.74, 6) is -0.158. The van der Waals surface area contributed by atoms with Gasteiger partial charge in [-0.2, -0.15) is 0 Å². The third kappa shape index (κ3) is 3.14. The van der Waals surface area contributed by atoms with Gasteiger partial charge in [-0.25, -0.2) is 4.79 Å². The van der Waals surface area contributed by atoms with E-state index in [9.17, 15) is 14.4 Å². The van der Waals surface area contributed by atoms with Crippen molar-refractivity contribution in [2.24, 2.45) is 39.4 Å². The van der Waals surface area contributed by atoms with Gasteiger partial charge in [0, 0.05) is 36.4 Å². The molecule has 1 aliphatic heterocycles. The maximum Gasteiger partial charge on any atom is 0.336 e. The van der Waals surface area contributed by atoms with E-state index in [2.05, 4.69) is 32.9 Å². The largest absolute Gasteiger partial charge is 0.462 e. The predicted molar refractivity (Wildman–Crippen MR) is 130 cm³/mol. The van der Waals surface area contributed by atoms with Gasteiger partial charge in [0.1, 0.15) is 6.10 Å². The van der Waals surface area contributed by atoms with Gasteiger partial charge in [0.05, 0.1) is 0 Å². The second-order valence-electron chi connectivity index (χ2n) is 12.5. The van der Waals surface area contributed by atoms with E-state index in [1.54, 1.807) is 6.08 Å². The monoisotopic (exact) mass is 482 g/mol. The van der Waals surface area contributed by atoms with E-state index in [4.69, 9.17) is 14.2 Å². The van der Waals surface area contributed by atoms with Crippen LogP contribution in [0.4, 0.5) is 0 Å². The molecule has 0 spiro atoms. The summed E-state index contributed by atoms with van der Waals surface area (Å²) in [6.07, 6.45) is 10.3. The second kappa shape index (κ2) is 7.64. The van der Waals surface area contributed by atoms with Crippen molar-refractivity contribution in [2.75, 3.05) is 7.11 Å². The van der Waals surface area contributed by atoms with E-state index in [0.717, 1.165) is 19.3 Å². The molecular formula is C29H38O6.